The van der Waals surface area contributed by atoms with E-state index in [1.165, 1.54) is 42.4 Å². The molecule has 0 N–H and O–H groups in total. The molecule has 257 valence electrons. The second kappa shape index (κ2) is 16.3. The SMILES string of the molecule is CC(C)Cc1cc(-c2[c-]cccc2)nc[c]1[Ge]([CH3])([CH3])[CH3].CC(C)c1cnc(-c2[c-]ccc3c2oc2ncccc23)cc1CC1CCCC1.[Ir]. The van der Waals surface area contributed by atoms with Crippen molar-refractivity contribution in [3.8, 4) is 22.5 Å². The Morgan fingerprint density at radius 2 is 1.57 bits per heavy atom. The van der Waals surface area contributed by atoms with Crippen molar-refractivity contribution in [2.45, 2.75) is 89.4 Å². The van der Waals surface area contributed by atoms with Crippen LogP contribution >= 0.6 is 0 Å². The Balaban J connectivity index is 0.000000199. The van der Waals surface area contributed by atoms with Gasteiger partial charge in [0, 0.05) is 37.9 Å². The van der Waals surface area contributed by atoms with Crippen molar-refractivity contribution in [1.29, 1.82) is 0 Å². The van der Waals surface area contributed by atoms with E-state index in [9.17, 15) is 0 Å². The number of furan rings is 1. The molecule has 4 aromatic heterocycles. The van der Waals surface area contributed by atoms with Crippen LogP contribution in [0.4, 0.5) is 0 Å². The van der Waals surface area contributed by atoms with Gasteiger partial charge in [-0.25, -0.2) is 4.98 Å². The molecule has 0 bridgehead atoms. The zero-order valence-corrected chi connectivity index (χ0v) is 34.6. The first-order chi connectivity index (χ1) is 23.1. The van der Waals surface area contributed by atoms with Crippen LogP contribution in [0.25, 0.3) is 44.6 Å². The summed E-state index contributed by atoms with van der Waals surface area (Å²) in [5.74, 6) is 9.28. The minimum absolute atomic E-state index is 0. The average molecular weight is 889 g/mol. The van der Waals surface area contributed by atoms with Gasteiger partial charge in [0.2, 0.25) is 5.71 Å². The normalized spacial score (nSPS) is 13.6. The number of aromatic nitrogens is 3. The number of fused-ring (bicyclic) bond motifs is 3. The molecule has 0 spiro atoms. The molecule has 7 rings (SSSR count). The Labute approximate surface area is 309 Å². The fourth-order valence-electron chi connectivity index (χ4n) is 7.11. The van der Waals surface area contributed by atoms with E-state index in [0.717, 1.165) is 57.6 Å². The van der Waals surface area contributed by atoms with E-state index in [1.54, 1.807) is 10.6 Å². The largest absolute Gasteiger partial charge is 0.486 e. The zero-order valence-electron chi connectivity index (χ0n) is 30.1. The number of rotatable bonds is 8. The van der Waals surface area contributed by atoms with Gasteiger partial charge < -0.3 is 9.40 Å². The van der Waals surface area contributed by atoms with Gasteiger partial charge in [-0.1, -0.05) is 56.5 Å². The molecule has 1 aliphatic rings. The van der Waals surface area contributed by atoms with Crippen molar-refractivity contribution >= 4 is 39.7 Å². The molecule has 1 saturated carbocycles. The molecule has 0 amide bonds. The number of nitrogens with zero attached hydrogens (tertiary/aromatic N) is 3. The number of benzene rings is 2. The quantitative estimate of drug-likeness (QED) is 0.113. The van der Waals surface area contributed by atoms with Crippen molar-refractivity contribution in [3.63, 3.8) is 0 Å². The maximum atomic E-state index is 6.11. The van der Waals surface area contributed by atoms with Gasteiger partial charge in [0.1, 0.15) is 0 Å². The fourth-order valence-corrected chi connectivity index (χ4v) is 10.4. The predicted octanol–water partition coefficient (Wildman–Crippen LogP) is 11.0. The van der Waals surface area contributed by atoms with Gasteiger partial charge in [0.05, 0.1) is 5.58 Å². The standard InChI is InChI=1S/C25H25N2O.C18H24GeN.Ir/c1-16(2)22-15-27-23(14-18(22)13-17-7-3-4-8-17)21-10-5-9-19-20-11-6-12-26-25(20)28-24(19)21;1-14(2)11-16-12-18(15-9-7-6-8-10-15)20-13-17(16)19(3,4)5;/h5-6,9,11-12,14-17H,3-4,7-8,13H2,1-2H3;6-9,12-14H,11H2,1-5H3;/q2*-1;. The predicted molar refractivity (Wildman–Crippen MR) is 203 cm³/mol. The van der Waals surface area contributed by atoms with Crippen molar-refractivity contribution in [1.82, 2.24) is 15.0 Å². The summed E-state index contributed by atoms with van der Waals surface area (Å²) in [5, 5.41) is 2.11. The maximum absolute atomic E-state index is 6.11. The van der Waals surface area contributed by atoms with Crippen molar-refractivity contribution in [2.24, 2.45) is 11.8 Å². The van der Waals surface area contributed by atoms with E-state index in [-0.39, 0.29) is 20.1 Å². The first-order valence-corrected chi connectivity index (χ1v) is 25.1. The van der Waals surface area contributed by atoms with Crippen LogP contribution in [0.1, 0.15) is 76.0 Å². The summed E-state index contributed by atoms with van der Waals surface area (Å²) in [6.07, 6.45) is 13.7. The van der Waals surface area contributed by atoms with Gasteiger partial charge in [-0.05, 0) is 47.2 Å². The van der Waals surface area contributed by atoms with Crippen LogP contribution in [-0.4, -0.2) is 28.2 Å². The third-order valence-electron chi connectivity index (χ3n) is 9.51. The molecule has 1 radical (unpaired) electrons. The minimum atomic E-state index is -1.86. The Hall–Kier alpha value is -3.12. The second-order valence-electron chi connectivity index (χ2n) is 15.2. The molecule has 6 heteroatoms. The summed E-state index contributed by atoms with van der Waals surface area (Å²) in [6.45, 7) is 9.08. The first kappa shape index (κ1) is 37.1. The third kappa shape index (κ3) is 8.79. The molecular formula is C43H49GeIrN3O-2. The Morgan fingerprint density at radius 3 is 2.27 bits per heavy atom. The van der Waals surface area contributed by atoms with E-state index < -0.39 is 13.3 Å². The Bertz CT molecular complexity index is 1990. The Kier molecular flexibility index (Phi) is 12.3. The molecule has 1 fully saturated rings. The second-order valence-corrected chi connectivity index (χ2v) is 25.8. The van der Waals surface area contributed by atoms with Gasteiger partial charge >= 0.3 is 126 Å². The van der Waals surface area contributed by atoms with Gasteiger partial charge in [-0.3, -0.25) is 0 Å². The summed E-state index contributed by atoms with van der Waals surface area (Å²) in [6, 6.07) is 27.3. The third-order valence-corrected chi connectivity index (χ3v) is 13.8. The van der Waals surface area contributed by atoms with Crippen LogP contribution in [0.2, 0.25) is 17.3 Å². The van der Waals surface area contributed by atoms with Gasteiger partial charge in [-0.2, -0.15) is 0 Å². The van der Waals surface area contributed by atoms with E-state index in [4.69, 9.17) is 14.4 Å². The molecule has 6 aromatic rings. The summed E-state index contributed by atoms with van der Waals surface area (Å²) in [5.41, 5.74) is 9.81. The summed E-state index contributed by atoms with van der Waals surface area (Å²) in [7, 11) is 0. The van der Waals surface area contributed by atoms with Gasteiger partial charge in [-0.15, -0.1) is 18.2 Å². The smallest absolute Gasteiger partial charge is 0.216 e. The van der Waals surface area contributed by atoms with E-state index in [2.05, 4.69) is 98.7 Å². The molecule has 0 atom stereocenters. The van der Waals surface area contributed by atoms with Gasteiger partial charge in [0.25, 0.3) is 0 Å². The first-order valence-electron chi connectivity index (χ1n) is 17.7. The van der Waals surface area contributed by atoms with Crippen LogP contribution in [-0.2, 0) is 32.9 Å². The van der Waals surface area contributed by atoms with Crippen molar-refractivity contribution in [3.05, 3.63) is 108 Å². The van der Waals surface area contributed by atoms with Gasteiger partial charge in [0.15, 0.2) is 0 Å². The Morgan fingerprint density at radius 1 is 0.816 bits per heavy atom. The summed E-state index contributed by atoms with van der Waals surface area (Å²) in [4.78, 5) is 13.9. The average Bonchev–Trinajstić information content (AvgIpc) is 3.72. The molecule has 1 aliphatic carbocycles. The molecule has 4 nitrogen and oxygen atoms in total. The number of hydrogen-bond donors (Lipinski definition) is 0. The fraction of sp³-hybridized carbons (Fsp3) is 0.372. The zero-order chi connectivity index (χ0) is 33.8. The van der Waals surface area contributed by atoms with Crippen molar-refractivity contribution in [2.75, 3.05) is 0 Å². The molecular weight excluding hydrogens is 839 g/mol. The maximum Gasteiger partial charge on any atom is 0.216 e. The molecule has 0 aliphatic heterocycles. The van der Waals surface area contributed by atoms with Crippen LogP contribution in [0, 0.1) is 24.0 Å². The van der Waals surface area contributed by atoms with Crippen LogP contribution in [0.5, 0.6) is 0 Å². The molecule has 0 saturated heterocycles. The van der Waals surface area contributed by atoms with Crippen molar-refractivity contribution < 1.29 is 24.5 Å². The minimum Gasteiger partial charge on any atom is -0.486 e. The monoisotopic (exact) mass is 890 g/mol. The summed E-state index contributed by atoms with van der Waals surface area (Å²) < 4.78 is 7.65. The van der Waals surface area contributed by atoms with E-state index in [0.29, 0.717) is 17.5 Å². The molecule has 4 heterocycles. The van der Waals surface area contributed by atoms with Crippen LogP contribution < -0.4 is 4.40 Å². The number of hydrogen-bond acceptors (Lipinski definition) is 4. The molecule has 2 aromatic carbocycles. The van der Waals surface area contributed by atoms with Crippen LogP contribution in [0.3, 0.4) is 0 Å². The van der Waals surface area contributed by atoms with Crippen LogP contribution in [0.15, 0.2) is 83.7 Å². The topological polar surface area (TPSA) is 51.8 Å². The molecule has 0 unspecified atom stereocenters. The van der Waals surface area contributed by atoms with E-state index in [1.807, 2.05) is 36.4 Å². The number of pyridine rings is 3. The van der Waals surface area contributed by atoms with E-state index >= 15 is 0 Å². The summed E-state index contributed by atoms with van der Waals surface area (Å²) >= 11 is -1.86. The molecule has 49 heavy (non-hydrogen) atoms.